The average Bonchev–Trinajstić information content (AvgIpc) is 2.42. The molecule has 0 saturated heterocycles. The highest BCUT2D eigenvalue weighted by Crippen LogP contribution is 2.17. The van der Waals surface area contributed by atoms with Crippen molar-refractivity contribution >= 4 is 0 Å². The van der Waals surface area contributed by atoms with E-state index in [4.69, 9.17) is 10.5 Å². The lowest BCUT2D eigenvalue weighted by atomic mass is 10.1. The van der Waals surface area contributed by atoms with Crippen molar-refractivity contribution in [2.45, 2.75) is 6.54 Å². The second-order valence-electron chi connectivity index (χ2n) is 3.66. The van der Waals surface area contributed by atoms with Crippen molar-refractivity contribution in [2.24, 2.45) is 0 Å². The molecule has 0 aliphatic carbocycles. The van der Waals surface area contributed by atoms with Gasteiger partial charge in [-0.3, -0.25) is 9.36 Å². The Morgan fingerprint density at radius 3 is 2.39 bits per heavy atom. The topological polar surface area (TPSA) is 69.6 Å². The molecule has 0 saturated carbocycles. The monoisotopic (exact) mass is 235 g/mol. The van der Waals surface area contributed by atoms with Crippen LogP contribution in [0.5, 0.6) is 0 Å². The first-order valence-electron chi connectivity index (χ1n) is 5.34. The summed E-state index contributed by atoms with van der Waals surface area (Å²) < 4.78 is 1.31. The van der Waals surface area contributed by atoms with Crippen LogP contribution in [0.4, 0.5) is 0 Å². The maximum atomic E-state index is 12.0. The van der Waals surface area contributed by atoms with Gasteiger partial charge in [-0.25, -0.2) is 0 Å². The van der Waals surface area contributed by atoms with E-state index in [1.807, 2.05) is 42.5 Å². The smallest absolute Gasteiger partial charge is 0.269 e. The average molecular weight is 235 g/mol. The van der Waals surface area contributed by atoms with Crippen molar-refractivity contribution in [1.29, 1.82) is 10.5 Å². The van der Waals surface area contributed by atoms with Gasteiger partial charge in [-0.05, 0) is 17.7 Å². The van der Waals surface area contributed by atoms with Gasteiger partial charge in [0.1, 0.15) is 18.2 Å². The predicted octanol–water partition coefficient (Wildman–Crippen LogP) is 1.91. The fourth-order valence-corrected chi connectivity index (χ4v) is 1.75. The highest BCUT2D eigenvalue weighted by Gasteiger charge is 2.09. The van der Waals surface area contributed by atoms with Gasteiger partial charge in [-0.15, -0.1) is 0 Å². The number of benzene rings is 1. The van der Waals surface area contributed by atoms with E-state index in [9.17, 15) is 4.79 Å². The zero-order valence-electron chi connectivity index (χ0n) is 9.50. The SMILES string of the molecule is N#CCn1c(-c2ccccc2)ccc(C#N)c1=O. The molecule has 0 N–H and O–H groups in total. The summed E-state index contributed by atoms with van der Waals surface area (Å²) in [4.78, 5) is 12.0. The molecule has 0 radical (unpaired) electrons. The number of nitrogens with zero attached hydrogens (tertiary/aromatic N) is 3. The molecule has 2 rings (SSSR count). The molecule has 0 bridgehead atoms. The molecule has 0 aliphatic heterocycles. The Balaban J connectivity index is 2.71. The van der Waals surface area contributed by atoms with Crippen molar-refractivity contribution in [3.05, 3.63) is 58.4 Å². The van der Waals surface area contributed by atoms with Crippen LogP contribution in [0.15, 0.2) is 47.3 Å². The van der Waals surface area contributed by atoms with E-state index in [-0.39, 0.29) is 12.1 Å². The molecule has 0 amide bonds. The normalized spacial score (nSPS) is 9.44. The maximum absolute atomic E-state index is 12.0. The molecule has 2 aromatic rings. The van der Waals surface area contributed by atoms with Crippen molar-refractivity contribution < 1.29 is 0 Å². The molecule has 0 unspecified atom stereocenters. The van der Waals surface area contributed by atoms with E-state index < -0.39 is 5.56 Å². The molecule has 4 heteroatoms. The first-order valence-corrected chi connectivity index (χ1v) is 5.34. The summed E-state index contributed by atoms with van der Waals surface area (Å²) in [6.45, 7) is -0.0709. The van der Waals surface area contributed by atoms with Gasteiger partial charge in [-0.2, -0.15) is 10.5 Å². The molecule has 0 fully saturated rings. The van der Waals surface area contributed by atoms with Crippen LogP contribution in [0.3, 0.4) is 0 Å². The van der Waals surface area contributed by atoms with E-state index in [1.165, 1.54) is 10.6 Å². The minimum atomic E-state index is -0.430. The van der Waals surface area contributed by atoms with Gasteiger partial charge >= 0.3 is 0 Å². The minimum absolute atomic E-state index is 0.0462. The van der Waals surface area contributed by atoms with Crippen LogP contribution in [0.2, 0.25) is 0 Å². The van der Waals surface area contributed by atoms with Crippen molar-refractivity contribution in [3.8, 4) is 23.4 Å². The van der Waals surface area contributed by atoms with E-state index in [1.54, 1.807) is 6.07 Å². The molecule has 1 aromatic heterocycles. The third-order valence-corrected chi connectivity index (χ3v) is 2.59. The zero-order chi connectivity index (χ0) is 13.0. The number of aromatic nitrogens is 1. The van der Waals surface area contributed by atoms with Crippen molar-refractivity contribution in [1.82, 2.24) is 4.57 Å². The molecule has 0 spiro atoms. The largest absolute Gasteiger partial charge is 0.293 e. The van der Waals surface area contributed by atoms with Crippen LogP contribution in [0.25, 0.3) is 11.3 Å². The van der Waals surface area contributed by atoms with Gasteiger partial charge in [0.2, 0.25) is 0 Å². The van der Waals surface area contributed by atoms with Gasteiger partial charge < -0.3 is 0 Å². The lowest BCUT2D eigenvalue weighted by Gasteiger charge is -2.09. The Labute approximate surface area is 104 Å². The Kier molecular flexibility index (Phi) is 3.22. The first-order chi connectivity index (χ1) is 8.77. The zero-order valence-corrected chi connectivity index (χ0v) is 9.50. The number of pyridine rings is 1. The predicted molar refractivity (Wildman–Crippen MR) is 66.5 cm³/mol. The Hall–Kier alpha value is -2.85. The molecule has 0 aliphatic rings. The summed E-state index contributed by atoms with van der Waals surface area (Å²) in [5, 5.41) is 17.6. The second kappa shape index (κ2) is 4.99. The fourth-order valence-electron chi connectivity index (χ4n) is 1.75. The van der Waals surface area contributed by atoms with Crippen LogP contribution >= 0.6 is 0 Å². The molecular formula is C14H9N3O. The first kappa shape index (κ1) is 11.6. The van der Waals surface area contributed by atoms with E-state index in [0.29, 0.717) is 5.69 Å². The van der Waals surface area contributed by atoms with Crippen molar-refractivity contribution in [2.75, 3.05) is 0 Å². The summed E-state index contributed by atoms with van der Waals surface area (Å²) >= 11 is 0. The summed E-state index contributed by atoms with van der Waals surface area (Å²) in [6.07, 6.45) is 0. The molecule has 1 aromatic carbocycles. The Morgan fingerprint density at radius 2 is 1.78 bits per heavy atom. The van der Waals surface area contributed by atoms with E-state index in [2.05, 4.69) is 0 Å². The van der Waals surface area contributed by atoms with E-state index >= 15 is 0 Å². The van der Waals surface area contributed by atoms with Gasteiger partial charge in [0.25, 0.3) is 5.56 Å². The van der Waals surface area contributed by atoms with Crippen LogP contribution in [0, 0.1) is 22.7 Å². The van der Waals surface area contributed by atoms with Gasteiger partial charge in [-0.1, -0.05) is 30.3 Å². The molecule has 86 valence electrons. The molecule has 1 heterocycles. The number of nitriles is 2. The Bertz CT molecular complexity index is 703. The maximum Gasteiger partial charge on any atom is 0.269 e. The quantitative estimate of drug-likeness (QED) is 0.798. The molecule has 18 heavy (non-hydrogen) atoms. The van der Waals surface area contributed by atoms with Crippen LogP contribution in [-0.4, -0.2) is 4.57 Å². The number of rotatable bonds is 2. The number of hydrogen-bond donors (Lipinski definition) is 0. The number of hydrogen-bond acceptors (Lipinski definition) is 3. The molecular weight excluding hydrogens is 226 g/mol. The summed E-state index contributed by atoms with van der Waals surface area (Å²) in [6, 6.07) is 16.2. The third kappa shape index (κ3) is 2.00. The van der Waals surface area contributed by atoms with Crippen LogP contribution < -0.4 is 5.56 Å². The van der Waals surface area contributed by atoms with Gasteiger partial charge in [0, 0.05) is 0 Å². The fraction of sp³-hybridized carbons (Fsp3) is 0.0714. The lowest BCUT2D eigenvalue weighted by molar-refractivity contribution is 0.794. The second-order valence-corrected chi connectivity index (χ2v) is 3.66. The minimum Gasteiger partial charge on any atom is -0.293 e. The summed E-state index contributed by atoms with van der Waals surface area (Å²) in [7, 11) is 0. The van der Waals surface area contributed by atoms with Crippen molar-refractivity contribution in [3.63, 3.8) is 0 Å². The summed E-state index contributed by atoms with van der Waals surface area (Å²) in [5.41, 5.74) is 1.10. The molecule has 4 nitrogen and oxygen atoms in total. The van der Waals surface area contributed by atoms with Gasteiger partial charge in [0.15, 0.2) is 0 Å². The standard InChI is InChI=1S/C14H9N3O/c15-8-9-17-13(11-4-2-1-3-5-11)7-6-12(10-16)14(17)18/h1-7H,9H2. The lowest BCUT2D eigenvalue weighted by Crippen LogP contribution is -2.23. The van der Waals surface area contributed by atoms with E-state index in [0.717, 1.165) is 5.56 Å². The Morgan fingerprint density at radius 1 is 1.06 bits per heavy atom. The summed E-state index contributed by atoms with van der Waals surface area (Å²) in [5.74, 6) is 0. The highest BCUT2D eigenvalue weighted by atomic mass is 16.1. The van der Waals surface area contributed by atoms with Crippen LogP contribution in [-0.2, 0) is 6.54 Å². The highest BCUT2D eigenvalue weighted by molar-refractivity contribution is 5.60. The molecule has 0 atom stereocenters. The van der Waals surface area contributed by atoms with Crippen LogP contribution in [0.1, 0.15) is 5.56 Å². The third-order valence-electron chi connectivity index (χ3n) is 2.59. The van der Waals surface area contributed by atoms with Gasteiger partial charge in [0.05, 0.1) is 11.8 Å².